The van der Waals surface area contributed by atoms with Crippen molar-refractivity contribution < 1.29 is 9.90 Å². The van der Waals surface area contributed by atoms with Crippen LogP contribution < -0.4 is 10.6 Å². The number of aromatic hydroxyl groups is 1. The molecule has 0 saturated heterocycles. The quantitative estimate of drug-likeness (QED) is 0.511. The topological polar surface area (TPSA) is 90.4 Å². The number of hydrogen-bond acceptors (Lipinski definition) is 6. The van der Waals surface area contributed by atoms with Crippen LogP contribution in [0.1, 0.15) is 16.8 Å². The number of rotatable bonds is 8. The third-order valence-corrected chi connectivity index (χ3v) is 4.26. The second-order valence-electron chi connectivity index (χ2n) is 6.95. The highest BCUT2D eigenvalue weighted by Gasteiger charge is 2.07. The summed E-state index contributed by atoms with van der Waals surface area (Å²) in [6.45, 7) is 1.56. The van der Waals surface area contributed by atoms with Gasteiger partial charge in [0.25, 0.3) is 5.91 Å². The van der Waals surface area contributed by atoms with Crippen LogP contribution in [0.15, 0.2) is 60.9 Å². The fraction of sp³-hybridized carbons (Fsp3) is 0.227. The van der Waals surface area contributed by atoms with Crippen molar-refractivity contribution in [2.75, 3.05) is 32.5 Å². The van der Waals surface area contributed by atoms with Crippen LogP contribution in [0.5, 0.6) is 5.75 Å². The first-order chi connectivity index (χ1) is 14.0. The Morgan fingerprint density at radius 1 is 1.10 bits per heavy atom. The van der Waals surface area contributed by atoms with Gasteiger partial charge in [-0.15, -0.1) is 0 Å². The Morgan fingerprint density at radius 2 is 1.90 bits per heavy atom. The molecule has 3 aromatic rings. The highest BCUT2D eigenvalue weighted by Crippen LogP contribution is 2.22. The van der Waals surface area contributed by atoms with Crippen LogP contribution in [0.3, 0.4) is 0 Å². The Bertz CT molecular complexity index is 957. The van der Waals surface area contributed by atoms with Gasteiger partial charge in [-0.25, -0.2) is 4.98 Å². The number of benzene rings is 2. The van der Waals surface area contributed by atoms with Crippen molar-refractivity contribution in [1.82, 2.24) is 20.2 Å². The van der Waals surface area contributed by atoms with Gasteiger partial charge in [-0.2, -0.15) is 0 Å². The highest BCUT2D eigenvalue weighted by molar-refractivity contribution is 5.95. The van der Waals surface area contributed by atoms with E-state index in [1.54, 1.807) is 48.8 Å². The molecule has 0 bridgehead atoms. The van der Waals surface area contributed by atoms with Gasteiger partial charge in [0.15, 0.2) is 0 Å². The first kappa shape index (κ1) is 20.3. The van der Waals surface area contributed by atoms with Gasteiger partial charge in [-0.3, -0.25) is 9.78 Å². The SMILES string of the molecule is CN(C)CCCNC(=O)c1cccc(Nc2cncc(-c3ccc(O)cc3)n2)c1. The first-order valence-electron chi connectivity index (χ1n) is 9.43. The third-order valence-electron chi connectivity index (χ3n) is 4.26. The van der Waals surface area contributed by atoms with E-state index in [1.165, 1.54) is 0 Å². The Balaban J connectivity index is 1.66. The Labute approximate surface area is 170 Å². The number of carbonyl (C=O) groups is 1. The molecule has 7 nitrogen and oxygen atoms in total. The molecule has 150 valence electrons. The molecule has 0 fully saturated rings. The molecule has 0 spiro atoms. The maximum atomic E-state index is 12.4. The summed E-state index contributed by atoms with van der Waals surface area (Å²) in [5.41, 5.74) is 2.88. The monoisotopic (exact) mass is 391 g/mol. The molecule has 1 amide bonds. The molecule has 0 atom stereocenters. The van der Waals surface area contributed by atoms with Crippen molar-refractivity contribution in [2.24, 2.45) is 0 Å². The lowest BCUT2D eigenvalue weighted by Gasteiger charge is -2.11. The van der Waals surface area contributed by atoms with Gasteiger partial charge >= 0.3 is 0 Å². The van der Waals surface area contributed by atoms with E-state index in [4.69, 9.17) is 0 Å². The van der Waals surface area contributed by atoms with Gasteiger partial charge < -0.3 is 20.6 Å². The average molecular weight is 391 g/mol. The maximum Gasteiger partial charge on any atom is 0.251 e. The van der Waals surface area contributed by atoms with E-state index in [-0.39, 0.29) is 11.7 Å². The van der Waals surface area contributed by atoms with Crippen LogP contribution in [0, 0.1) is 0 Å². The molecule has 0 aliphatic rings. The molecule has 0 saturated carbocycles. The molecule has 2 aromatic carbocycles. The number of anilines is 2. The van der Waals surface area contributed by atoms with Crippen LogP contribution in [-0.2, 0) is 0 Å². The van der Waals surface area contributed by atoms with E-state index in [1.807, 2.05) is 26.2 Å². The zero-order valence-corrected chi connectivity index (χ0v) is 16.6. The number of aromatic nitrogens is 2. The Morgan fingerprint density at radius 3 is 2.66 bits per heavy atom. The van der Waals surface area contributed by atoms with E-state index in [2.05, 4.69) is 25.5 Å². The van der Waals surface area contributed by atoms with Crippen molar-refractivity contribution >= 4 is 17.4 Å². The van der Waals surface area contributed by atoms with E-state index in [0.717, 1.165) is 24.2 Å². The molecule has 0 aliphatic carbocycles. The zero-order chi connectivity index (χ0) is 20.6. The summed E-state index contributed by atoms with van der Waals surface area (Å²) >= 11 is 0. The summed E-state index contributed by atoms with van der Waals surface area (Å²) in [5, 5.41) is 15.6. The Hall–Kier alpha value is -3.45. The van der Waals surface area contributed by atoms with Gasteiger partial charge in [0, 0.05) is 23.4 Å². The summed E-state index contributed by atoms with van der Waals surface area (Å²) in [6.07, 6.45) is 4.18. The highest BCUT2D eigenvalue weighted by atomic mass is 16.3. The smallest absolute Gasteiger partial charge is 0.251 e. The lowest BCUT2D eigenvalue weighted by atomic mass is 10.1. The molecule has 0 unspecified atom stereocenters. The third kappa shape index (κ3) is 6.02. The van der Waals surface area contributed by atoms with Crippen LogP contribution >= 0.6 is 0 Å². The lowest BCUT2D eigenvalue weighted by molar-refractivity contribution is 0.0952. The first-order valence-corrected chi connectivity index (χ1v) is 9.43. The number of amides is 1. The van der Waals surface area contributed by atoms with Crippen molar-refractivity contribution in [3.05, 3.63) is 66.5 Å². The van der Waals surface area contributed by atoms with Crippen molar-refractivity contribution in [3.63, 3.8) is 0 Å². The summed E-state index contributed by atoms with van der Waals surface area (Å²) < 4.78 is 0. The van der Waals surface area contributed by atoms with Gasteiger partial charge in [-0.1, -0.05) is 6.07 Å². The number of nitrogens with zero attached hydrogens (tertiary/aromatic N) is 3. The molecule has 3 N–H and O–H groups in total. The van der Waals surface area contributed by atoms with Gasteiger partial charge in [-0.05, 0) is 69.5 Å². The Kier molecular flexibility index (Phi) is 6.76. The molecule has 1 aromatic heterocycles. The fourth-order valence-electron chi connectivity index (χ4n) is 2.78. The van der Waals surface area contributed by atoms with Gasteiger partial charge in [0.2, 0.25) is 0 Å². The molecule has 3 rings (SSSR count). The van der Waals surface area contributed by atoms with E-state index in [0.29, 0.717) is 23.6 Å². The standard InChI is InChI=1S/C22H25N5O2/c1-27(2)12-4-11-24-22(29)17-5-3-6-18(13-17)25-21-15-23-14-20(26-21)16-7-9-19(28)10-8-16/h3,5-10,13-15,28H,4,11-12H2,1-2H3,(H,24,29)(H,25,26). The normalized spacial score (nSPS) is 10.7. The van der Waals surface area contributed by atoms with Crippen LogP contribution in [-0.4, -0.2) is 53.1 Å². The number of phenolic OH excluding ortho intramolecular Hbond substituents is 1. The van der Waals surface area contributed by atoms with Crippen LogP contribution in [0.2, 0.25) is 0 Å². The zero-order valence-electron chi connectivity index (χ0n) is 16.6. The molecule has 7 heteroatoms. The average Bonchev–Trinajstić information content (AvgIpc) is 2.72. The maximum absolute atomic E-state index is 12.4. The van der Waals surface area contributed by atoms with Crippen LogP contribution in [0.4, 0.5) is 11.5 Å². The predicted octanol–water partition coefficient (Wildman–Crippen LogP) is 3.27. The van der Waals surface area contributed by atoms with E-state index < -0.39 is 0 Å². The minimum absolute atomic E-state index is 0.101. The van der Waals surface area contributed by atoms with Crippen molar-refractivity contribution in [1.29, 1.82) is 0 Å². The second-order valence-corrected chi connectivity index (χ2v) is 6.95. The van der Waals surface area contributed by atoms with Gasteiger partial charge in [0.1, 0.15) is 11.6 Å². The number of nitrogens with one attached hydrogen (secondary N) is 2. The summed E-state index contributed by atoms with van der Waals surface area (Å²) in [6, 6.07) is 14.1. The summed E-state index contributed by atoms with van der Waals surface area (Å²) in [5.74, 6) is 0.670. The second kappa shape index (κ2) is 9.66. The minimum atomic E-state index is -0.101. The fourth-order valence-corrected chi connectivity index (χ4v) is 2.78. The van der Waals surface area contributed by atoms with Crippen LogP contribution in [0.25, 0.3) is 11.3 Å². The number of hydrogen-bond donors (Lipinski definition) is 3. The molecular formula is C22H25N5O2. The molecule has 29 heavy (non-hydrogen) atoms. The van der Waals surface area contributed by atoms with E-state index in [9.17, 15) is 9.90 Å². The largest absolute Gasteiger partial charge is 0.508 e. The molecule has 0 aliphatic heterocycles. The number of phenols is 1. The molecule has 1 heterocycles. The summed E-state index contributed by atoms with van der Waals surface area (Å²) in [7, 11) is 4.02. The van der Waals surface area contributed by atoms with Gasteiger partial charge in [0.05, 0.1) is 18.1 Å². The molecule has 0 radical (unpaired) electrons. The molecular weight excluding hydrogens is 366 g/mol. The minimum Gasteiger partial charge on any atom is -0.508 e. The van der Waals surface area contributed by atoms with E-state index >= 15 is 0 Å². The predicted molar refractivity (Wildman–Crippen MR) is 114 cm³/mol. The lowest BCUT2D eigenvalue weighted by Crippen LogP contribution is -2.27. The number of carbonyl (C=O) groups excluding carboxylic acids is 1. The summed E-state index contributed by atoms with van der Waals surface area (Å²) in [4.78, 5) is 23.2. The van der Waals surface area contributed by atoms with Crippen molar-refractivity contribution in [3.8, 4) is 17.0 Å². The van der Waals surface area contributed by atoms with Crippen molar-refractivity contribution in [2.45, 2.75) is 6.42 Å².